The van der Waals surface area contributed by atoms with Gasteiger partial charge < -0.3 is 9.80 Å². The van der Waals surface area contributed by atoms with Crippen molar-refractivity contribution in [1.82, 2.24) is 14.7 Å². The fourth-order valence-electron chi connectivity index (χ4n) is 5.27. The lowest BCUT2D eigenvalue weighted by atomic mass is 9.73. The fraction of sp³-hybridized carbons (Fsp3) is 0.667. The summed E-state index contributed by atoms with van der Waals surface area (Å²) in [6.45, 7) is 4.85. The molecule has 3 aliphatic rings. The lowest BCUT2D eigenvalue weighted by molar-refractivity contribution is -0.133. The van der Waals surface area contributed by atoms with Crippen molar-refractivity contribution in [2.24, 2.45) is 0 Å². The second-order valence-corrected chi connectivity index (χ2v) is 8.45. The van der Waals surface area contributed by atoms with Crippen LogP contribution in [0.4, 0.5) is 0 Å². The smallest absolute Gasteiger partial charge is 0.236 e. The van der Waals surface area contributed by atoms with Crippen LogP contribution in [0.5, 0.6) is 0 Å². The van der Waals surface area contributed by atoms with E-state index in [0.717, 1.165) is 25.9 Å². The van der Waals surface area contributed by atoms with Crippen molar-refractivity contribution in [2.75, 3.05) is 46.8 Å². The van der Waals surface area contributed by atoms with Gasteiger partial charge in [0.15, 0.2) is 0 Å². The van der Waals surface area contributed by atoms with Crippen molar-refractivity contribution in [2.45, 2.75) is 43.6 Å². The summed E-state index contributed by atoms with van der Waals surface area (Å²) in [6, 6.07) is 9.73. The molecular formula is C21H31N3O. The molecule has 2 saturated heterocycles. The number of fused-ring (bicyclic) bond motifs is 2. The number of rotatable bonds is 3. The minimum Gasteiger partial charge on any atom is -0.342 e. The van der Waals surface area contributed by atoms with E-state index in [0.29, 0.717) is 18.0 Å². The van der Waals surface area contributed by atoms with Gasteiger partial charge in [0, 0.05) is 24.5 Å². The quantitative estimate of drug-likeness (QED) is 0.846. The van der Waals surface area contributed by atoms with Crippen molar-refractivity contribution in [3.05, 3.63) is 35.4 Å². The fourth-order valence-corrected chi connectivity index (χ4v) is 5.27. The normalized spacial score (nSPS) is 25.7. The molecular weight excluding hydrogens is 310 g/mol. The summed E-state index contributed by atoms with van der Waals surface area (Å²) < 4.78 is 0. The summed E-state index contributed by atoms with van der Waals surface area (Å²) in [4.78, 5) is 19.2. The van der Waals surface area contributed by atoms with Crippen molar-refractivity contribution >= 4 is 5.91 Å². The third kappa shape index (κ3) is 3.11. The first kappa shape index (κ1) is 17.0. The Balaban J connectivity index is 1.52. The van der Waals surface area contributed by atoms with Crippen LogP contribution >= 0.6 is 0 Å². The molecule has 1 aromatic carbocycles. The summed E-state index contributed by atoms with van der Waals surface area (Å²) in [7, 11) is 3.94. The summed E-state index contributed by atoms with van der Waals surface area (Å²) in [5.41, 5.74) is 3.43. The highest BCUT2D eigenvalue weighted by Gasteiger charge is 2.47. The van der Waals surface area contributed by atoms with Gasteiger partial charge in [-0.2, -0.15) is 0 Å². The Hall–Kier alpha value is -1.39. The Bertz CT molecular complexity index is 628. The van der Waals surface area contributed by atoms with Gasteiger partial charge in [-0.15, -0.1) is 0 Å². The van der Waals surface area contributed by atoms with Crippen molar-refractivity contribution in [3.8, 4) is 0 Å². The maximum atomic E-state index is 12.4. The molecule has 0 bridgehead atoms. The van der Waals surface area contributed by atoms with Crippen LogP contribution in [0.3, 0.4) is 0 Å². The highest BCUT2D eigenvalue weighted by molar-refractivity contribution is 5.78. The standard InChI is InChI=1S/C21H31N3O/c1-22(2)16-20(25)24-13-9-21(10-14-24)15-19(23-11-5-6-12-23)17-7-3-4-8-18(17)21/h3-4,7-8,19H,5-6,9-16H2,1-2H3. The Morgan fingerprint density at radius 3 is 2.48 bits per heavy atom. The largest absolute Gasteiger partial charge is 0.342 e. The molecule has 1 aromatic rings. The monoisotopic (exact) mass is 341 g/mol. The zero-order valence-electron chi connectivity index (χ0n) is 15.7. The van der Waals surface area contributed by atoms with Gasteiger partial charge in [0.25, 0.3) is 0 Å². The highest BCUT2D eigenvalue weighted by Crippen LogP contribution is 2.53. The van der Waals surface area contributed by atoms with Crippen LogP contribution in [0.15, 0.2) is 24.3 Å². The number of likely N-dealkylation sites (tertiary alicyclic amines) is 2. The zero-order chi connectivity index (χ0) is 17.4. The van der Waals surface area contributed by atoms with Crippen LogP contribution in [0.2, 0.25) is 0 Å². The van der Waals surface area contributed by atoms with Gasteiger partial charge in [-0.05, 0) is 70.4 Å². The van der Waals surface area contributed by atoms with Gasteiger partial charge >= 0.3 is 0 Å². The Morgan fingerprint density at radius 1 is 1.12 bits per heavy atom. The van der Waals surface area contributed by atoms with Gasteiger partial charge in [-0.1, -0.05) is 24.3 Å². The van der Waals surface area contributed by atoms with E-state index in [1.54, 1.807) is 11.1 Å². The molecule has 2 fully saturated rings. The topological polar surface area (TPSA) is 26.8 Å². The predicted molar refractivity (Wildman–Crippen MR) is 101 cm³/mol. The molecule has 0 radical (unpaired) electrons. The second kappa shape index (κ2) is 6.73. The molecule has 1 unspecified atom stereocenters. The summed E-state index contributed by atoms with van der Waals surface area (Å²) in [5, 5.41) is 0. The predicted octanol–water partition coefficient (Wildman–Crippen LogP) is 2.65. The van der Waals surface area contributed by atoms with Crippen LogP contribution in [0.25, 0.3) is 0 Å². The number of amides is 1. The molecule has 1 amide bonds. The first-order valence-corrected chi connectivity index (χ1v) is 9.85. The minimum atomic E-state index is 0.280. The van der Waals surface area contributed by atoms with Crippen molar-refractivity contribution < 1.29 is 4.79 Å². The maximum Gasteiger partial charge on any atom is 0.236 e. The average Bonchev–Trinajstić information content (AvgIpc) is 3.23. The van der Waals surface area contributed by atoms with E-state index in [4.69, 9.17) is 0 Å². The first-order chi connectivity index (χ1) is 12.1. The van der Waals surface area contributed by atoms with E-state index in [2.05, 4.69) is 34.1 Å². The van der Waals surface area contributed by atoms with E-state index >= 15 is 0 Å². The summed E-state index contributed by atoms with van der Waals surface area (Å²) >= 11 is 0. The van der Waals surface area contributed by atoms with Crippen LogP contribution in [-0.4, -0.2) is 67.4 Å². The zero-order valence-corrected chi connectivity index (χ0v) is 15.7. The number of carbonyl (C=O) groups excluding carboxylic acids is 1. The average molecular weight is 341 g/mol. The molecule has 0 N–H and O–H groups in total. The van der Waals surface area contributed by atoms with Crippen LogP contribution in [0.1, 0.15) is 49.3 Å². The van der Waals surface area contributed by atoms with Crippen LogP contribution < -0.4 is 0 Å². The molecule has 4 rings (SSSR count). The van der Waals surface area contributed by atoms with Gasteiger partial charge in [0.2, 0.25) is 5.91 Å². The molecule has 2 aliphatic heterocycles. The number of hydrogen-bond acceptors (Lipinski definition) is 3. The first-order valence-electron chi connectivity index (χ1n) is 9.85. The number of likely N-dealkylation sites (N-methyl/N-ethyl adjacent to an activating group) is 1. The van der Waals surface area contributed by atoms with E-state index in [1.165, 1.54) is 32.4 Å². The molecule has 2 heterocycles. The molecule has 0 saturated carbocycles. The van der Waals surface area contributed by atoms with Gasteiger partial charge in [0.1, 0.15) is 0 Å². The number of hydrogen-bond donors (Lipinski definition) is 0. The Labute approximate surface area is 151 Å². The highest BCUT2D eigenvalue weighted by atomic mass is 16.2. The van der Waals surface area contributed by atoms with Gasteiger partial charge in [0.05, 0.1) is 6.54 Å². The number of benzene rings is 1. The summed E-state index contributed by atoms with van der Waals surface area (Å²) in [5.74, 6) is 0.280. The van der Waals surface area contributed by atoms with E-state index in [-0.39, 0.29) is 5.91 Å². The third-order valence-electron chi connectivity index (χ3n) is 6.58. The lowest BCUT2D eigenvalue weighted by Gasteiger charge is -2.41. The van der Waals surface area contributed by atoms with Gasteiger partial charge in [-0.25, -0.2) is 0 Å². The number of carbonyl (C=O) groups is 1. The SMILES string of the molecule is CN(C)CC(=O)N1CCC2(CC1)CC(N1CCCC1)c1ccccc12. The molecule has 1 atom stereocenters. The molecule has 4 nitrogen and oxygen atoms in total. The maximum absolute atomic E-state index is 12.4. The number of nitrogens with zero attached hydrogens (tertiary/aromatic N) is 3. The Morgan fingerprint density at radius 2 is 1.80 bits per heavy atom. The molecule has 25 heavy (non-hydrogen) atoms. The molecule has 0 aromatic heterocycles. The minimum absolute atomic E-state index is 0.280. The van der Waals surface area contributed by atoms with E-state index in [9.17, 15) is 4.79 Å². The second-order valence-electron chi connectivity index (χ2n) is 8.45. The number of piperidine rings is 1. The van der Waals surface area contributed by atoms with E-state index < -0.39 is 0 Å². The van der Waals surface area contributed by atoms with Crippen molar-refractivity contribution in [1.29, 1.82) is 0 Å². The molecule has 136 valence electrons. The third-order valence-corrected chi connectivity index (χ3v) is 6.58. The van der Waals surface area contributed by atoms with Crippen LogP contribution in [0, 0.1) is 0 Å². The molecule has 1 spiro atoms. The Kier molecular flexibility index (Phi) is 4.59. The van der Waals surface area contributed by atoms with Crippen LogP contribution in [-0.2, 0) is 10.2 Å². The van der Waals surface area contributed by atoms with Gasteiger partial charge in [-0.3, -0.25) is 9.69 Å². The molecule has 4 heteroatoms. The summed E-state index contributed by atoms with van der Waals surface area (Å²) in [6.07, 6.45) is 6.18. The van der Waals surface area contributed by atoms with Crippen molar-refractivity contribution in [3.63, 3.8) is 0 Å². The van der Waals surface area contributed by atoms with E-state index in [1.807, 2.05) is 19.0 Å². The molecule has 1 aliphatic carbocycles. The lowest BCUT2D eigenvalue weighted by Crippen LogP contribution is -2.47.